The number of hydrogen-bond donors (Lipinski definition) is 3. The lowest BCUT2D eigenvalue weighted by Gasteiger charge is -2.11. The minimum atomic E-state index is -0.590. The Hall–Kier alpha value is -1.79. The summed E-state index contributed by atoms with van der Waals surface area (Å²) in [7, 11) is 3.03. The number of nitrogen functional groups attached to an aromatic ring is 1. The zero-order valence-corrected chi connectivity index (χ0v) is 11.2. The summed E-state index contributed by atoms with van der Waals surface area (Å²) in [6, 6.07) is 4.89. The summed E-state index contributed by atoms with van der Waals surface area (Å²) < 4.78 is 9.84. The molecule has 0 aliphatic carbocycles. The first kappa shape index (κ1) is 15.3. The molecule has 0 saturated heterocycles. The third-order valence-corrected chi connectivity index (χ3v) is 2.63. The number of anilines is 1. The molecular formula is C13H20N2O4. The van der Waals surface area contributed by atoms with E-state index in [0.717, 1.165) is 0 Å². The molecule has 0 spiro atoms. The average Bonchev–Trinajstić information content (AvgIpc) is 2.39. The summed E-state index contributed by atoms with van der Waals surface area (Å²) in [5.74, 6) is 0.278. The van der Waals surface area contributed by atoms with E-state index in [4.69, 9.17) is 15.2 Å². The maximum atomic E-state index is 11.9. The van der Waals surface area contributed by atoms with Crippen LogP contribution in [0.4, 0.5) is 5.69 Å². The van der Waals surface area contributed by atoms with Gasteiger partial charge in [0.05, 0.1) is 25.4 Å². The van der Waals surface area contributed by atoms with Crippen LogP contribution in [-0.2, 0) is 4.74 Å². The van der Waals surface area contributed by atoms with Crippen molar-refractivity contribution in [1.29, 1.82) is 0 Å². The number of amides is 1. The molecule has 1 aromatic carbocycles. The summed E-state index contributed by atoms with van der Waals surface area (Å²) in [5.41, 5.74) is 6.49. The van der Waals surface area contributed by atoms with E-state index in [1.165, 1.54) is 14.2 Å². The monoisotopic (exact) mass is 268 g/mol. The Balaban J connectivity index is 2.53. The lowest BCUT2D eigenvalue weighted by Crippen LogP contribution is -2.29. The van der Waals surface area contributed by atoms with E-state index >= 15 is 0 Å². The molecule has 1 amide bonds. The third-order valence-electron chi connectivity index (χ3n) is 2.63. The first-order chi connectivity index (χ1) is 9.08. The van der Waals surface area contributed by atoms with E-state index in [-0.39, 0.29) is 12.5 Å². The maximum absolute atomic E-state index is 11.9. The molecule has 19 heavy (non-hydrogen) atoms. The van der Waals surface area contributed by atoms with Crippen molar-refractivity contribution in [2.24, 2.45) is 0 Å². The molecule has 1 aromatic rings. The Morgan fingerprint density at radius 1 is 1.47 bits per heavy atom. The van der Waals surface area contributed by atoms with Gasteiger partial charge in [-0.25, -0.2) is 0 Å². The smallest absolute Gasteiger partial charge is 0.253 e. The van der Waals surface area contributed by atoms with Gasteiger partial charge < -0.3 is 25.6 Å². The molecule has 0 aliphatic heterocycles. The Kier molecular flexibility index (Phi) is 6.11. The highest BCUT2D eigenvalue weighted by molar-refractivity contribution is 5.99. The van der Waals surface area contributed by atoms with Crippen LogP contribution in [0.5, 0.6) is 5.75 Å². The second-order valence-corrected chi connectivity index (χ2v) is 4.11. The molecule has 6 heteroatoms. The lowest BCUT2D eigenvalue weighted by molar-refractivity contribution is 0.0588. The fourth-order valence-corrected chi connectivity index (χ4v) is 1.58. The summed E-state index contributed by atoms with van der Waals surface area (Å²) in [5, 5.41) is 12.1. The minimum Gasteiger partial charge on any atom is -0.497 e. The maximum Gasteiger partial charge on any atom is 0.253 e. The third kappa shape index (κ3) is 4.76. The number of nitrogens with one attached hydrogen (secondary N) is 1. The summed E-state index contributed by atoms with van der Waals surface area (Å²) in [4.78, 5) is 11.9. The predicted molar refractivity (Wildman–Crippen MR) is 72.2 cm³/mol. The summed E-state index contributed by atoms with van der Waals surface area (Å²) in [6.45, 7) is 0.594. The van der Waals surface area contributed by atoms with Crippen molar-refractivity contribution in [1.82, 2.24) is 5.32 Å². The number of carbonyl (C=O) groups excluding carboxylic acids is 1. The van der Waals surface area contributed by atoms with Crippen LogP contribution in [-0.4, -0.2) is 44.5 Å². The van der Waals surface area contributed by atoms with E-state index in [0.29, 0.717) is 30.0 Å². The Morgan fingerprint density at radius 3 is 2.84 bits per heavy atom. The normalized spacial score (nSPS) is 11.9. The van der Waals surface area contributed by atoms with Crippen LogP contribution in [0.1, 0.15) is 16.8 Å². The van der Waals surface area contributed by atoms with E-state index in [2.05, 4.69) is 5.32 Å². The van der Waals surface area contributed by atoms with Crippen molar-refractivity contribution in [2.45, 2.75) is 12.5 Å². The van der Waals surface area contributed by atoms with Gasteiger partial charge in [-0.2, -0.15) is 0 Å². The quantitative estimate of drug-likeness (QED) is 0.622. The van der Waals surface area contributed by atoms with Gasteiger partial charge >= 0.3 is 0 Å². The van der Waals surface area contributed by atoms with Gasteiger partial charge in [0.15, 0.2) is 0 Å². The standard InChI is InChI=1S/C13H20N2O4/c1-18-8-9(16)5-6-15-13(17)11-7-10(19-2)3-4-12(11)14/h3-4,7,9,16H,5-6,8,14H2,1-2H3,(H,15,17). The molecule has 0 saturated carbocycles. The van der Waals surface area contributed by atoms with Crippen molar-refractivity contribution in [3.05, 3.63) is 23.8 Å². The average molecular weight is 268 g/mol. The summed E-state index contributed by atoms with van der Waals surface area (Å²) in [6.07, 6.45) is -0.170. The van der Waals surface area contributed by atoms with Gasteiger partial charge in [0.2, 0.25) is 0 Å². The lowest BCUT2D eigenvalue weighted by atomic mass is 10.1. The van der Waals surface area contributed by atoms with Crippen molar-refractivity contribution in [2.75, 3.05) is 33.1 Å². The highest BCUT2D eigenvalue weighted by Crippen LogP contribution is 2.19. The fraction of sp³-hybridized carbons (Fsp3) is 0.462. The first-order valence-corrected chi connectivity index (χ1v) is 5.97. The first-order valence-electron chi connectivity index (χ1n) is 5.97. The van der Waals surface area contributed by atoms with Gasteiger partial charge in [-0.1, -0.05) is 0 Å². The van der Waals surface area contributed by atoms with Gasteiger partial charge in [-0.15, -0.1) is 0 Å². The van der Waals surface area contributed by atoms with Crippen LogP contribution in [0.15, 0.2) is 18.2 Å². The Bertz CT molecular complexity index is 423. The fourth-order valence-electron chi connectivity index (χ4n) is 1.58. The molecule has 6 nitrogen and oxygen atoms in total. The number of aliphatic hydroxyl groups is 1. The van der Waals surface area contributed by atoms with Crippen molar-refractivity contribution >= 4 is 11.6 Å². The number of ether oxygens (including phenoxy) is 2. The zero-order valence-electron chi connectivity index (χ0n) is 11.2. The molecule has 0 bridgehead atoms. The van der Waals surface area contributed by atoms with E-state index in [9.17, 15) is 9.90 Å². The van der Waals surface area contributed by atoms with Gasteiger partial charge in [0.25, 0.3) is 5.91 Å². The molecule has 0 heterocycles. The molecule has 0 aliphatic rings. The van der Waals surface area contributed by atoms with Crippen LogP contribution in [0.25, 0.3) is 0 Å². The number of benzene rings is 1. The molecule has 1 rings (SSSR count). The van der Waals surface area contributed by atoms with Crippen molar-refractivity contribution < 1.29 is 19.4 Å². The van der Waals surface area contributed by atoms with Gasteiger partial charge in [-0.05, 0) is 24.6 Å². The highest BCUT2D eigenvalue weighted by atomic mass is 16.5. The second kappa shape index (κ2) is 7.60. The highest BCUT2D eigenvalue weighted by Gasteiger charge is 2.11. The second-order valence-electron chi connectivity index (χ2n) is 4.11. The molecule has 1 unspecified atom stereocenters. The van der Waals surface area contributed by atoms with Crippen LogP contribution in [0, 0.1) is 0 Å². The SMILES string of the molecule is COCC(O)CCNC(=O)c1cc(OC)ccc1N. The number of aliphatic hydroxyl groups excluding tert-OH is 1. The van der Waals surface area contributed by atoms with Crippen LogP contribution in [0.3, 0.4) is 0 Å². The molecule has 4 N–H and O–H groups in total. The Morgan fingerprint density at radius 2 is 2.21 bits per heavy atom. The largest absolute Gasteiger partial charge is 0.497 e. The molecule has 0 fully saturated rings. The van der Waals surface area contributed by atoms with Gasteiger partial charge in [0.1, 0.15) is 5.75 Å². The van der Waals surface area contributed by atoms with Gasteiger partial charge in [0, 0.05) is 19.3 Å². The van der Waals surface area contributed by atoms with Crippen molar-refractivity contribution in [3.63, 3.8) is 0 Å². The molecular weight excluding hydrogens is 248 g/mol. The topological polar surface area (TPSA) is 93.8 Å². The number of nitrogens with two attached hydrogens (primary N) is 1. The molecule has 1 atom stereocenters. The van der Waals surface area contributed by atoms with E-state index in [1.54, 1.807) is 18.2 Å². The minimum absolute atomic E-state index is 0.247. The molecule has 0 aromatic heterocycles. The van der Waals surface area contributed by atoms with Crippen LogP contribution < -0.4 is 15.8 Å². The predicted octanol–water partition coefficient (Wildman–Crippen LogP) is 0.405. The van der Waals surface area contributed by atoms with Crippen molar-refractivity contribution in [3.8, 4) is 5.75 Å². The molecule has 106 valence electrons. The number of rotatable bonds is 7. The number of hydrogen-bond acceptors (Lipinski definition) is 5. The van der Waals surface area contributed by atoms with Crippen LogP contribution >= 0.6 is 0 Å². The van der Waals surface area contributed by atoms with E-state index < -0.39 is 6.10 Å². The molecule has 0 radical (unpaired) electrons. The number of carbonyl (C=O) groups is 1. The number of methoxy groups -OCH3 is 2. The van der Waals surface area contributed by atoms with Crippen LogP contribution in [0.2, 0.25) is 0 Å². The Labute approximate surface area is 112 Å². The van der Waals surface area contributed by atoms with Gasteiger partial charge in [-0.3, -0.25) is 4.79 Å². The van der Waals surface area contributed by atoms with E-state index in [1.807, 2.05) is 0 Å². The summed E-state index contributed by atoms with van der Waals surface area (Å²) >= 11 is 0. The zero-order chi connectivity index (χ0) is 14.3.